The molecule has 3 aromatic heterocycles. The fourth-order valence-corrected chi connectivity index (χ4v) is 3.40. The van der Waals surface area contributed by atoms with Crippen LogP contribution in [0.1, 0.15) is 30.7 Å². The number of benzene rings is 1. The summed E-state index contributed by atoms with van der Waals surface area (Å²) in [6.07, 6.45) is -6.65. The van der Waals surface area contributed by atoms with Crippen LogP contribution in [0.3, 0.4) is 0 Å². The first kappa shape index (κ1) is 23.5. The smallest absolute Gasteiger partial charge is 0.324 e. The van der Waals surface area contributed by atoms with Crippen molar-refractivity contribution in [2.45, 2.75) is 31.7 Å². The summed E-state index contributed by atoms with van der Waals surface area (Å²) in [6, 6.07) is 7.85. The van der Waals surface area contributed by atoms with E-state index in [0.29, 0.717) is 16.9 Å². The van der Waals surface area contributed by atoms with Crippen LogP contribution in [0.4, 0.5) is 38.0 Å². The van der Waals surface area contributed by atoms with E-state index in [0.717, 1.165) is 18.2 Å². The van der Waals surface area contributed by atoms with Gasteiger partial charge in [0, 0.05) is 17.4 Å². The predicted molar refractivity (Wildman–Crippen MR) is 113 cm³/mol. The van der Waals surface area contributed by atoms with E-state index in [-0.39, 0.29) is 17.2 Å². The van der Waals surface area contributed by atoms with Crippen molar-refractivity contribution in [1.29, 1.82) is 0 Å². The molecule has 12 heteroatoms. The summed E-state index contributed by atoms with van der Waals surface area (Å²) in [4.78, 5) is 8.32. The van der Waals surface area contributed by atoms with E-state index in [1.54, 1.807) is 13.8 Å². The molecule has 4 aromatic rings. The maximum atomic E-state index is 13.5. The Morgan fingerprint density at radius 1 is 0.941 bits per heavy atom. The fraction of sp³-hybridized carbons (Fsp3) is 0.227. The molecule has 0 aliphatic carbocycles. The third-order valence-corrected chi connectivity index (χ3v) is 4.96. The molecular weight excluding hydrogens is 462 g/mol. The Morgan fingerprint density at radius 2 is 1.62 bits per heavy atom. The van der Waals surface area contributed by atoms with Crippen LogP contribution >= 0.6 is 0 Å². The van der Waals surface area contributed by atoms with Gasteiger partial charge in [-0.15, -0.1) is 0 Å². The molecule has 0 spiro atoms. The third-order valence-electron chi connectivity index (χ3n) is 4.96. The van der Waals surface area contributed by atoms with E-state index in [1.165, 1.54) is 41.2 Å². The highest BCUT2D eigenvalue weighted by Crippen LogP contribution is 2.37. The highest BCUT2D eigenvalue weighted by atomic mass is 19.4. The molecule has 3 heterocycles. The van der Waals surface area contributed by atoms with Crippen molar-refractivity contribution in [1.82, 2.24) is 19.6 Å². The minimum absolute atomic E-state index is 0.104. The molecule has 0 aliphatic rings. The number of hydrogen-bond acceptors (Lipinski definition) is 5. The lowest BCUT2D eigenvalue weighted by Gasteiger charge is -2.16. The summed E-state index contributed by atoms with van der Waals surface area (Å²) in [6.45, 7) is 3.32. The monoisotopic (exact) mass is 480 g/mol. The summed E-state index contributed by atoms with van der Waals surface area (Å²) in [7, 11) is 0. The van der Waals surface area contributed by atoms with Gasteiger partial charge in [0.25, 0.3) is 0 Å². The average molecular weight is 480 g/mol. The first-order chi connectivity index (χ1) is 15.7. The van der Waals surface area contributed by atoms with Gasteiger partial charge in [-0.1, -0.05) is 0 Å². The molecule has 6 nitrogen and oxygen atoms in total. The second-order valence-corrected chi connectivity index (χ2v) is 8.14. The molecule has 4 rings (SSSR count). The van der Waals surface area contributed by atoms with E-state index in [1.807, 2.05) is 0 Å². The number of nitrogens with two attached hydrogens (primary N) is 1. The minimum Gasteiger partial charge on any atom is -0.324 e. The van der Waals surface area contributed by atoms with Gasteiger partial charge in [-0.2, -0.15) is 36.0 Å². The van der Waals surface area contributed by atoms with E-state index in [4.69, 9.17) is 5.73 Å². The van der Waals surface area contributed by atoms with E-state index >= 15 is 0 Å². The normalized spacial score (nSPS) is 12.9. The van der Waals surface area contributed by atoms with Crippen LogP contribution < -0.4 is 11.1 Å². The highest BCUT2D eigenvalue weighted by Gasteiger charge is 2.35. The molecule has 0 saturated heterocycles. The first-order valence-corrected chi connectivity index (χ1v) is 9.90. The Balaban J connectivity index is 1.81. The van der Waals surface area contributed by atoms with Crippen LogP contribution in [0.25, 0.3) is 16.8 Å². The molecule has 1 aromatic carbocycles. The standard InChI is InChI=1S/C22H18F6N6/c1-20(2,29)18-16-10-12(17-15(22(26,27)28)4-3-9-30-17)11-31-34(16)19(33-18)32-14-7-5-13(6-8-14)21(23,24)25/h3-11H,29H2,1-2H3,(H,32,33). The van der Waals surface area contributed by atoms with Crippen LogP contribution in [0.5, 0.6) is 0 Å². The van der Waals surface area contributed by atoms with Crippen molar-refractivity contribution >= 4 is 17.2 Å². The second kappa shape index (κ2) is 7.97. The largest absolute Gasteiger partial charge is 0.418 e. The molecule has 178 valence electrons. The van der Waals surface area contributed by atoms with Gasteiger partial charge in [-0.05, 0) is 56.3 Å². The molecule has 0 saturated carbocycles. The molecule has 0 atom stereocenters. The Kier molecular flexibility index (Phi) is 5.51. The van der Waals surface area contributed by atoms with Crippen molar-refractivity contribution in [3.8, 4) is 11.3 Å². The second-order valence-electron chi connectivity index (χ2n) is 8.14. The van der Waals surface area contributed by atoms with Crippen LogP contribution in [-0.2, 0) is 17.9 Å². The molecular formula is C22H18F6N6. The average Bonchev–Trinajstić information content (AvgIpc) is 3.11. The Labute approximate surface area is 189 Å². The summed E-state index contributed by atoms with van der Waals surface area (Å²) in [5, 5.41) is 7.10. The lowest BCUT2D eigenvalue weighted by molar-refractivity contribution is -0.138. The van der Waals surface area contributed by atoms with Crippen molar-refractivity contribution in [3.05, 3.63) is 71.7 Å². The molecule has 0 aliphatic heterocycles. The van der Waals surface area contributed by atoms with Crippen molar-refractivity contribution < 1.29 is 26.3 Å². The Morgan fingerprint density at radius 3 is 2.21 bits per heavy atom. The van der Waals surface area contributed by atoms with E-state index in [9.17, 15) is 26.3 Å². The SMILES string of the molecule is CC(C)(N)c1nc(Nc2ccc(C(F)(F)F)cc2)n2ncc(-c3ncccc3C(F)(F)F)cc12. The van der Waals surface area contributed by atoms with Crippen molar-refractivity contribution in [3.63, 3.8) is 0 Å². The zero-order valence-corrected chi connectivity index (χ0v) is 17.8. The quantitative estimate of drug-likeness (QED) is 0.363. The number of pyridine rings is 1. The molecule has 34 heavy (non-hydrogen) atoms. The minimum atomic E-state index is -4.62. The summed E-state index contributed by atoms with van der Waals surface area (Å²) >= 11 is 0. The van der Waals surface area contributed by atoms with Gasteiger partial charge in [0.2, 0.25) is 5.95 Å². The maximum Gasteiger partial charge on any atom is 0.418 e. The zero-order valence-electron chi connectivity index (χ0n) is 17.8. The van der Waals surface area contributed by atoms with Crippen molar-refractivity contribution in [2.75, 3.05) is 5.32 Å². The predicted octanol–water partition coefficient (Wildman–Crippen LogP) is 5.77. The van der Waals surface area contributed by atoms with Gasteiger partial charge in [-0.3, -0.25) is 4.98 Å². The Hall–Kier alpha value is -3.67. The number of hydrogen-bond donors (Lipinski definition) is 2. The molecule has 3 N–H and O–H groups in total. The van der Waals surface area contributed by atoms with Crippen LogP contribution in [0.15, 0.2) is 54.9 Å². The van der Waals surface area contributed by atoms with E-state index in [2.05, 4.69) is 20.4 Å². The number of halogens is 6. The zero-order chi connectivity index (χ0) is 24.9. The first-order valence-electron chi connectivity index (χ1n) is 9.90. The maximum absolute atomic E-state index is 13.5. The highest BCUT2D eigenvalue weighted by molar-refractivity contribution is 5.72. The van der Waals surface area contributed by atoms with Crippen LogP contribution in [0, 0.1) is 0 Å². The Bertz CT molecular complexity index is 1330. The van der Waals surface area contributed by atoms with Crippen LogP contribution in [-0.4, -0.2) is 19.6 Å². The lowest BCUT2D eigenvalue weighted by atomic mass is 10.0. The number of aromatic nitrogens is 4. The molecule has 0 fully saturated rings. The topological polar surface area (TPSA) is 81.1 Å². The molecule has 0 radical (unpaired) electrons. The van der Waals surface area contributed by atoms with Gasteiger partial charge in [0.15, 0.2) is 0 Å². The van der Waals surface area contributed by atoms with Crippen LogP contribution in [0.2, 0.25) is 0 Å². The number of alkyl halides is 6. The third kappa shape index (κ3) is 4.53. The fourth-order valence-electron chi connectivity index (χ4n) is 3.40. The molecule has 0 bridgehead atoms. The van der Waals surface area contributed by atoms with Gasteiger partial charge < -0.3 is 11.1 Å². The lowest BCUT2D eigenvalue weighted by Crippen LogP contribution is -2.29. The van der Waals surface area contributed by atoms with Gasteiger partial charge >= 0.3 is 12.4 Å². The van der Waals surface area contributed by atoms with Gasteiger partial charge in [0.05, 0.1) is 39.8 Å². The number of fused-ring (bicyclic) bond motifs is 1. The number of imidazole rings is 1. The number of rotatable bonds is 4. The van der Waals surface area contributed by atoms with E-state index < -0.39 is 29.0 Å². The molecule has 0 unspecified atom stereocenters. The van der Waals surface area contributed by atoms with Gasteiger partial charge in [0.1, 0.15) is 0 Å². The summed E-state index contributed by atoms with van der Waals surface area (Å²) in [5.41, 5.74) is 4.23. The summed E-state index contributed by atoms with van der Waals surface area (Å²) in [5.74, 6) is 0.131. The molecule has 0 amide bonds. The number of nitrogens with zero attached hydrogens (tertiary/aromatic N) is 4. The number of anilines is 2. The van der Waals surface area contributed by atoms with Gasteiger partial charge in [-0.25, -0.2) is 4.98 Å². The summed E-state index contributed by atoms with van der Waals surface area (Å²) < 4.78 is 80.3. The van der Waals surface area contributed by atoms with Crippen molar-refractivity contribution in [2.24, 2.45) is 5.73 Å². The number of nitrogens with one attached hydrogen (secondary N) is 1.